The van der Waals surface area contributed by atoms with Crippen LogP contribution < -0.4 is 9.47 Å². The fraction of sp³-hybridized carbons (Fsp3) is 0.267. The molecule has 4 aromatic carbocycles. The van der Waals surface area contributed by atoms with Crippen LogP contribution in [0.2, 0.25) is 0 Å². The first kappa shape index (κ1) is 25.4. The first-order valence-electron chi connectivity index (χ1n) is 12.6. The second-order valence-corrected chi connectivity index (χ2v) is 10.1. The largest absolute Gasteiger partial charge is 0.507 e. The normalized spacial score (nSPS) is 18.2. The Morgan fingerprint density at radius 3 is 1.38 bits per heavy atom. The predicted molar refractivity (Wildman–Crippen MR) is 144 cm³/mol. The number of rotatable bonds is 3. The number of methoxy groups -OCH3 is 2. The van der Waals surface area contributed by atoms with E-state index in [4.69, 9.17) is 18.9 Å². The van der Waals surface area contributed by atoms with Crippen molar-refractivity contribution in [1.29, 1.82) is 0 Å². The number of carbonyl (C=O) groups excluding carboxylic acids is 2. The van der Waals surface area contributed by atoms with Crippen molar-refractivity contribution < 1.29 is 49.0 Å². The van der Waals surface area contributed by atoms with Gasteiger partial charge in [0.15, 0.2) is 0 Å². The molecule has 0 aromatic heterocycles. The Morgan fingerprint density at radius 2 is 1.02 bits per heavy atom. The van der Waals surface area contributed by atoms with Gasteiger partial charge in [-0.05, 0) is 37.1 Å². The van der Waals surface area contributed by atoms with Crippen LogP contribution in [0, 0.1) is 0 Å². The third-order valence-corrected chi connectivity index (χ3v) is 7.57. The van der Waals surface area contributed by atoms with E-state index in [1.165, 1.54) is 26.4 Å². The lowest BCUT2D eigenvalue weighted by molar-refractivity contribution is 0.0286. The average Bonchev–Trinajstić information content (AvgIpc) is 2.87. The Hall–Kier alpha value is -4.86. The molecule has 10 heteroatoms. The molecule has 2 aliphatic rings. The highest BCUT2D eigenvalue weighted by Gasteiger charge is 2.34. The summed E-state index contributed by atoms with van der Waals surface area (Å²) in [5.74, 6) is -2.54. The molecule has 206 valence electrons. The number of benzene rings is 4. The van der Waals surface area contributed by atoms with E-state index >= 15 is 0 Å². The van der Waals surface area contributed by atoms with Gasteiger partial charge in [0, 0.05) is 46.9 Å². The van der Waals surface area contributed by atoms with E-state index < -0.39 is 35.6 Å². The van der Waals surface area contributed by atoms with Crippen molar-refractivity contribution in [3.63, 3.8) is 0 Å². The highest BCUT2D eigenvalue weighted by molar-refractivity contribution is 6.18. The molecule has 2 aliphatic heterocycles. The van der Waals surface area contributed by atoms with E-state index in [2.05, 4.69) is 0 Å². The maximum Gasteiger partial charge on any atom is 0.342 e. The van der Waals surface area contributed by atoms with Gasteiger partial charge in [0.25, 0.3) is 0 Å². The fourth-order valence-corrected chi connectivity index (χ4v) is 5.96. The van der Waals surface area contributed by atoms with Gasteiger partial charge in [-0.25, -0.2) is 9.59 Å². The quantitative estimate of drug-likeness (QED) is 0.266. The van der Waals surface area contributed by atoms with Crippen molar-refractivity contribution in [1.82, 2.24) is 0 Å². The maximum absolute atomic E-state index is 12.7. The summed E-state index contributed by atoms with van der Waals surface area (Å²) in [6.07, 6.45) is -0.226. The van der Waals surface area contributed by atoms with Crippen LogP contribution in [0.5, 0.6) is 34.5 Å². The van der Waals surface area contributed by atoms with Crippen LogP contribution in [-0.2, 0) is 22.3 Å². The van der Waals surface area contributed by atoms with E-state index in [1.807, 2.05) is 0 Å². The smallest absolute Gasteiger partial charge is 0.342 e. The molecule has 4 N–H and O–H groups in total. The van der Waals surface area contributed by atoms with Crippen LogP contribution in [0.25, 0.3) is 32.7 Å². The van der Waals surface area contributed by atoms with Crippen LogP contribution in [0.4, 0.5) is 0 Å². The summed E-state index contributed by atoms with van der Waals surface area (Å²) >= 11 is 0. The number of cyclic esters (lactones) is 2. The van der Waals surface area contributed by atoms with Gasteiger partial charge in [0.05, 0.1) is 25.0 Å². The molecule has 0 amide bonds. The molecule has 0 saturated heterocycles. The zero-order valence-corrected chi connectivity index (χ0v) is 22.1. The van der Waals surface area contributed by atoms with Gasteiger partial charge < -0.3 is 39.4 Å². The summed E-state index contributed by atoms with van der Waals surface area (Å²) in [6, 6.07) is 5.98. The Balaban J connectivity index is 1.81. The zero-order valence-electron chi connectivity index (χ0n) is 22.1. The standard InChI is InChI=1S/C30H26O10/c1-11-5-13-7-15-23(27(33)21(13)29(35)39-11)17(31)9-19(37-3)25(15)26-16-8-14-6-12(2)40-30(36)22(14)28(34)24(16)18(32)10-20(26)38-4/h7-12,31-34H,5-6H2,1-4H3/t11-,12-/m1/s1. The zero-order chi connectivity index (χ0) is 28.6. The monoisotopic (exact) mass is 546 g/mol. The molecule has 0 fully saturated rings. The predicted octanol–water partition coefficient (Wildman–Crippen LogP) is 4.70. The number of hydrogen-bond donors (Lipinski definition) is 4. The number of esters is 2. The third-order valence-electron chi connectivity index (χ3n) is 7.57. The molecule has 6 rings (SSSR count). The molecule has 10 nitrogen and oxygen atoms in total. The fourth-order valence-electron chi connectivity index (χ4n) is 5.96. The minimum absolute atomic E-state index is 0.0105. The van der Waals surface area contributed by atoms with Crippen LogP contribution in [0.3, 0.4) is 0 Å². The van der Waals surface area contributed by atoms with E-state index in [0.29, 0.717) is 45.9 Å². The third kappa shape index (κ3) is 3.48. The molecule has 2 atom stereocenters. The molecular formula is C30H26O10. The van der Waals surface area contributed by atoms with Crippen LogP contribution in [-0.4, -0.2) is 58.8 Å². The molecule has 0 saturated carbocycles. The summed E-state index contributed by atoms with van der Waals surface area (Å²) in [4.78, 5) is 25.4. The van der Waals surface area contributed by atoms with Gasteiger partial charge in [-0.3, -0.25) is 0 Å². The van der Waals surface area contributed by atoms with Gasteiger partial charge in [-0.15, -0.1) is 0 Å². The molecule has 0 spiro atoms. The molecule has 0 unspecified atom stereocenters. The van der Waals surface area contributed by atoms with Gasteiger partial charge >= 0.3 is 11.9 Å². The first-order chi connectivity index (χ1) is 19.0. The number of phenolic OH excluding ortho intramolecular Hbond substituents is 4. The van der Waals surface area contributed by atoms with Gasteiger partial charge in [-0.1, -0.05) is 0 Å². The number of carbonyl (C=O) groups is 2. The number of hydrogen-bond acceptors (Lipinski definition) is 10. The summed E-state index contributed by atoms with van der Waals surface area (Å²) in [5.41, 5.74) is 1.71. The van der Waals surface area contributed by atoms with Gasteiger partial charge in [0.2, 0.25) is 0 Å². The lowest BCUT2D eigenvalue weighted by Gasteiger charge is -2.26. The first-order valence-corrected chi connectivity index (χ1v) is 12.6. The lowest BCUT2D eigenvalue weighted by atomic mass is 9.85. The topological polar surface area (TPSA) is 152 Å². The minimum atomic E-state index is -0.699. The van der Waals surface area contributed by atoms with Gasteiger partial charge in [-0.2, -0.15) is 0 Å². The number of fused-ring (bicyclic) bond motifs is 4. The second-order valence-electron chi connectivity index (χ2n) is 10.1. The van der Waals surface area contributed by atoms with E-state index in [0.717, 1.165) is 0 Å². The Bertz CT molecular complexity index is 1660. The highest BCUT2D eigenvalue weighted by atomic mass is 16.5. The second kappa shape index (κ2) is 8.84. The molecular weight excluding hydrogens is 520 g/mol. The SMILES string of the molecule is COc1cc(O)c2c(O)c3c(cc2c1-c1c(OC)cc(O)c2c(O)c4c(cc12)C[C@@H](C)OC4=O)C[C@@H](C)OC3=O. The highest BCUT2D eigenvalue weighted by Crippen LogP contribution is 2.54. The number of phenols is 4. The van der Waals surface area contributed by atoms with E-state index in [1.54, 1.807) is 26.0 Å². The molecule has 2 heterocycles. The van der Waals surface area contributed by atoms with E-state index in [9.17, 15) is 30.0 Å². The van der Waals surface area contributed by atoms with Crippen molar-refractivity contribution >= 4 is 33.5 Å². The molecule has 0 radical (unpaired) electrons. The van der Waals surface area contributed by atoms with Crippen molar-refractivity contribution in [2.24, 2.45) is 0 Å². The summed E-state index contributed by atoms with van der Waals surface area (Å²) in [6.45, 7) is 3.47. The molecule has 4 aromatic rings. The Morgan fingerprint density at radius 1 is 0.650 bits per heavy atom. The number of aromatic hydroxyl groups is 4. The maximum atomic E-state index is 12.7. The van der Waals surface area contributed by atoms with Crippen molar-refractivity contribution in [2.75, 3.05) is 14.2 Å². The summed E-state index contributed by atoms with van der Waals surface area (Å²) in [7, 11) is 2.82. The van der Waals surface area contributed by atoms with Crippen LogP contribution in [0.1, 0.15) is 45.7 Å². The van der Waals surface area contributed by atoms with Crippen molar-refractivity contribution in [3.05, 3.63) is 46.5 Å². The van der Waals surface area contributed by atoms with Gasteiger partial charge in [0.1, 0.15) is 57.8 Å². The average molecular weight is 547 g/mol. The number of ether oxygens (including phenoxy) is 4. The molecule has 0 bridgehead atoms. The molecule has 40 heavy (non-hydrogen) atoms. The van der Waals surface area contributed by atoms with Crippen molar-refractivity contribution in [3.8, 4) is 45.6 Å². The lowest BCUT2D eigenvalue weighted by Crippen LogP contribution is -2.25. The molecule has 0 aliphatic carbocycles. The van der Waals surface area contributed by atoms with Crippen molar-refractivity contribution in [2.45, 2.75) is 38.9 Å². The van der Waals surface area contributed by atoms with E-state index in [-0.39, 0.29) is 44.9 Å². The Kier molecular flexibility index (Phi) is 5.62. The summed E-state index contributed by atoms with van der Waals surface area (Å²) in [5, 5.41) is 45.1. The van der Waals surface area contributed by atoms with Crippen LogP contribution >= 0.6 is 0 Å². The minimum Gasteiger partial charge on any atom is -0.507 e. The van der Waals surface area contributed by atoms with Crippen LogP contribution in [0.15, 0.2) is 24.3 Å². The Labute approximate surface area is 227 Å². The summed E-state index contributed by atoms with van der Waals surface area (Å²) < 4.78 is 22.0.